The maximum atomic E-state index is 14.7. The lowest BCUT2D eigenvalue weighted by Gasteiger charge is -2.13. The van der Waals surface area contributed by atoms with Crippen LogP contribution in [-0.4, -0.2) is 23.6 Å². The Morgan fingerprint density at radius 2 is 2.04 bits per heavy atom. The number of benzene rings is 1. The predicted octanol–water partition coefficient (Wildman–Crippen LogP) is 3.54. The van der Waals surface area contributed by atoms with E-state index in [4.69, 9.17) is 9.88 Å². The third kappa shape index (κ3) is 4.57. The number of aromatic nitrogens is 2. The Hall–Kier alpha value is -1.88. The van der Waals surface area contributed by atoms with Crippen molar-refractivity contribution < 1.29 is 21.9 Å². The van der Waals surface area contributed by atoms with E-state index >= 15 is 0 Å². The molecule has 3 aromatic rings. The van der Waals surface area contributed by atoms with E-state index in [1.807, 2.05) is 6.07 Å². The second-order valence-corrected chi connectivity index (χ2v) is 9.36. The zero-order chi connectivity index (χ0) is 20.5. The molecule has 1 aromatic carbocycles. The number of nitrogens with one attached hydrogen (secondary N) is 1. The molecule has 0 aliphatic heterocycles. The molecule has 3 N–H and O–H groups in total. The number of H-pyrrole nitrogens is 1. The summed E-state index contributed by atoms with van der Waals surface area (Å²) < 4.78 is 57.8. The molecule has 0 aliphatic carbocycles. The number of primary sulfonamides is 1. The Bertz CT molecular complexity index is 1120. The van der Waals surface area contributed by atoms with Crippen molar-refractivity contribution in [2.45, 2.75) is 31.8 Å². The van der Waals surface area contributed by atoms with Crippen LogP contribution in [-0.2, 0) is 34.4 Å². The molecule has 0 bridgehead atoms. The highest BCUT2D eigenvalue weighted by atomic mass is 79.9. The number of pyridine rings is 1. The molecule has 0 amide bonds. The SMILES string of the molecule is CC(Cc1ccc(F)c(COCc2c[nH]c3ncc(Br)cc23)c1F)S(N)(=O)=O. The van der Waals surface area contributed by atoms with Gasteiger partial charge in [-0.25, -0.2) is 27.3 Å². The molecule has 0 aliphatic rings. The van der Waals surface area contributed by atoms with E-state index in [1.54, 1.807) is 12.4 Å². The van der Waals surface area contributed by atoms with E-state index in [0.29, 0.717) is 5.65 Å². The molecule has 0 spiro atoms. The summed E-state index contributed by atoms with van der Waals surface area (Å²) in [7, 11) is -3.82. The van der Waals surface area contributed by atoms with E-state index in [0.717, 1.165) is 21.5 Å². The smallest absolute Gasteiger partial charge is 0.212 e. The second kappa shape index (κ2) is 8.24. The van der Waals surface area contributed by atoms with Crippen LogP contribution in [0.15, 0.2) is 35.1 Å². The number of fused-ring (bicyclic) bond motifs is 1. The average Bonchev–Trinajstić information content (AvgIpc) is 3.01. The van der Waals surface area contributed by atoms with Crippen LogP contribution in [0.3, 0.4) is 0 Å². The van der Waals surface area contributed by atoms with Crippen LogP contribution in [0.1, 0.15) is 23.6 Å². The minimum Gasteiger partial charge on any atom is -0.372 e. The summed E-state index contributed by atoms with van der Waals surface area (Å²) in [6.07, 6.45) is 3.23. The summed E-state index contributed by atoms with van der Waals surface area (Å²) in [6, 6.07) is 4.19. The molecule has 10 heteroatoms. The first kappa shape index (κ1) is 20.8. The normalized spacial score (nSPS) is 13.2. The number of ether oxygens (including phenoxy) is 1. The van der Waals surface area contributed by atoms with Gasteiger partial charge in [0.25, 0.3) is 0 Å². The molecule has 2 aromatic heterocycles. The van der Waals surface area contributed by atoms with Crippen LogP contribution >= 0.6 is 15.9 Å². The Balaban J connectivity index is 1.75. The molecule has 1 unspecified atom stereocenters. The third-order valence-electron chi connectivity index (χ3n) is 4.42. The van der Waals surface area contributed by atoms with Gasteiger partial charge in [0.05, 0.1) is 18.5 Å². The highest BCUT2D eigenvalue weighted by molar-refractivity contribution is 9.10. The maximum Gasteiger partial charge on any atom is 0.212 e. The van der Waals surface area contributed by atoms with E-state index in [-0.39, 0.29) is 30.8 Å². The Labute approximate surface area is 169 Å². The fraction of sp³-hybridized carbons (Fsp3) is 0.278. The van der Waals surface area contributed by atoms with Gasteiger partial charge in [0.2, 0.25) is 10.0 Å². The molecule has 150 valence electrons. The fourth-order valence-electron chi connectivity index (χ4n) is 2.78. The quantitative estimate of drug-likeness (QED) is 0.548. The summed E-state index contributed by atoms with van der Waals surface area (Å²) in [6.45, 7) is 1.19. The lowest BCUT2D eigenvalue weighted by molar-refractivity contribution is 0.103. The van der Waals surface area contributed by atoms with Gasteiger partial charge in [0.15, 0.2) is 0 Å². The zero-order valence-corrected chi connectivity index (χ0v) is 17.3. The minimum atomic E-state index is -3.82. The van der Waals surface area contributed by atoms with Gasteiger partial charge in [-0.15, -0.1) is 0 Å². The van der Waals surface area contributed by atoms with Gasteiger partial charge in [-0.1, -0.05) is 6.07 Å². The van der Waals surface area contributed by atoms with Gasteiger partial charge >= 0.3 is 0 Å². The minimum absolute atomic E-state index is 0.0711. The van der Waals surface area contributed by atoms with Crippen LogP contribution in [0.25, 0.3) is 11.0 Å². The second-order valence-electron chi connectivity index (χ2n) is 6.46. The van der Waals surface area contributed by atoms with E-state index in [2.05, 4.69) is 25.9 Å². The number of hydrogen-bond donors (Lipinski definition) is 2. The first-order valence-electron chi connectivity index (χ1n) is 8.33. The number of halogens is 3. The van der Waals surface area contributed by atoms with Crippen LogP contribution in [0.5, 0.6) is 0 Å². The summed E-state index contributed by atoms with van der Waals surface area (Å²) in [5.74, 6) is -1.58. The molecule has 0 radical (unpaired) electrons. The van der Waals surface area contributed by atoms with Crippen molar-refractivity contribution in [1.82, 2.24) is 9.97 Å². The average molecular weight is 474 g/mol. The highest BCUT2D eigenvalue weighted by Crippen LogP contribution is 2.23. The molecular formula is C18H18BrF2N3O3S. The number of aromatic amines is 1. The van der Waals surface area contributed by atoms with Crippen molar-refractivity contribution in [3.63, 3.8) is 0 Å². The summed E-state index contributed by atoms with van der Waals surface area (Å²) in [5, 5.41) is 4.93. The monoisotopic (exact) mass is 473 g/mol. The number of nitrogens with zero attached hydrogens (tertiary/aromatic N) is 1. The van der Waals surface area contributed by atoms with E-state index < -0.39 is 26.9 Å². The molecule has 0 fully saturated rings. The van der Waals surface area contributed by atoms with Crippen molar-refractivity contribution in [1.29, 1.82) is 0 Å². The van der Waals surface area contributed by atoms with Gasteiger partial charge in [-0.2, -0.15) is 0 Å². The summed E-state index contributed by atoms with van der Waals surface area (Å²) in [5.41, 5.74) is 1.29. The summed E-state index contributed by atoms with van der Waals surface area (Å²) in [4.78, 5) is 7.22. The lowest BCUT2D eigenvalue weighted by Crippen LogP contribution is -2.28. The molecule has 2 heterocycles. The molecule has 0 saturated carbocycles. The number of rotatable bonds is 7. The standard InChI is InChI=1S/C18H18BrF2N3O3S/c1-10(28(22,25)26)4-11-2-3-16(20)15(17(11)21)9-27-8-12-6-23-18-14(12)5-13(19)7-24-18/h2-3,5-7,10H,4,8-9H2,1H3,(H,23,24)(H2,22,25,26). The summed E-state index contributed by atoms with van der Waals surface area (Å²) >= 11 is 3.35. The van der Waals surface area contributed by atoms with Gasteiger partial charge in [0, 0.05) is 33.4 Å². The zero-order valence-electron chi connectivity index (χ0n) is 14.9. The topological polar surface area (TPSA) is 98.1 Å². The predicted molar refractivity (Wildman–Crippen MR) is 105 cm³/mol. The van der Waals surface area contributed by atoms with Crippen molar-refractivity contribution in [2.24, 2.45) is 5.14 Å². The maximum absolute atomic E-state index is 14.7. The molecule has 6 nitrogen and oxygen atoms in total. The van der Waals surface area contributed by atoms with Crippen LogP contribution in [0.2, 0.25) is 0 Å². The Morgan fingerprint density at radius 3 is 2.75 bits per heavy atom. The molecule has 1 atom stereocenters. The molecule has 0 saturated heterocycles. The molecule has 3 rings (SSSR count). The van der Waals surface area contributed by atoms with Crippen LogP contribution in [0.4, 0.5) is 8.78 Å². The molecular weight excluding hydrogens is 456 g/mol. The fourth-order valence-corrected chi connectivity index (χ4v) is 3.52. The third-order valence-corrected chi connectivity index (χ3v) is 6.14. The van der Waals surface area contributed by atoms with Crippen LogP contribution in [0, 0.1) is 11.6 Å². The number of nitrogens with two attached hydrogens (primary N) is 1. The highest BCUT2D eigenvalue weighted by Gasteiger charge is 2.21. The van der Waals surface area contributed by atoms with E-state index in [9.17, 15) is 17.2 Å². The number of sulfonamides is 1. The Kier molecular flexibility index (Phi) is 6.13. The van der Waals surface area contributed by atoms with Crippen molar-refractivity contribution in [3.05, 3.63) is 63.4 Å². The first-order chi connectivity index (χ1) is 13.2. The van der Waals surface area contributed by atoms with Gasteiger partial charge < -0.3 is 9.72 Å². The van der Waals surface area contributed by atoms with Gasteiger partial charge in [0.1, 0.15) is 17.3 Å². The Morgan fingerprint density at radius 1 is 1.29 bits per heavy atom. The van der Waals surface area contributed by atoms with Crippen molar-refractivity contribution >= 4 is 37.0 Å². The largest absolute Gasteiger partial charge is 0.372 e. The van der Waals surface area contributed by atoms with Crippen molar-refractivity contribution in [3.8, 4) is 0 Å². The number of hydrogen-bond acceptors (Lipinski definition) is 4. The molecule has 28 heavy (non-hydrogen) atoms. The van der Waals surface area contributed by atoms with Gasteiger partial charge in [-0.05, 0) is 47.0 Å². The van der Waals surface area contributed by atoms with E-state index in [1.165, 1.54) is 13.0 Å². The van der Waals surface area contributed by atoms with Gasteiger partial charge in [-0.3, -0.25) is 0 Å². The lowest BCUT2D eigenvalue weighted by atomic mass is 10.1. The van der Waals surface area contributed by atoms with Crippen molar-refractivity contribution in [2.75, 3.05) is 0 Å². The van der Waals surface area contributed by atoms with Crippen LogP contribution < -0.4 is 5.14 Å². The first-order valence-corrected chi connectivity index (χ1v) is 10.7.